The van der Waals surface area contributed by atoms with Crippen LogP contribution in [0.1, 0.15) is 66.4 Å². The van der Waals surface area contributed by atoms with Crippen LogP contribution in [0.3, 0.4) is 0 Å². The molecule has 0 aliphatic rings. The van der Waals surface area contributed by atoms with E-state index in [1.54, 1.807) is 65.1 Å². The van der Waals surface area contributed by atoms with Gasteiger partial charge in [0, 0.05) is 29.9 Å². The minimum Gasteiger partial charge on any atom is -0.480 e. The van der Waals surface area contributed by atoms with E-state index in [2.05, 4.69) is 36.9 Å². The molecular weight excluding hydrogens is 722 g/mol. The molecule has 20 nitrogen and oxygen atoms in total. The SMILES string of the molecule is CC(C)[C@H](NC(=O)[C@H](C)NC(=O)[C@H](Cc1c[nH]c2ccccc12)NC(=O)[C@H](CCC(N)=O)NC(=O)[C@H](CC(N)=O)NC(=O)OC(C)(C)C)C(=O)NCC(=O)O. The number of hydrogen-bond acceptors (Lipinski definition) is 10. The zero-order chi connectivity index (χ0) is 41.6. The lowest BCUT2D eigenvalue weighted by atomic mass is 10.0. The van der Waals surface area contributed by atoms with Crippen LogP contribution in [0.2, 0.25) is 0 Å². The molecule has 0 bridgehead atoms. The van der Waals surface area contributed by atoms with Crippen molar-refractivity contribution in [2.24, 2.45) is 17.4 Å². The summed E-state index contributed by atoms with van der Waals surface area (Å²) in [6.45, 7) is 8.62. The Labute approximate surface area is 317 Å². The number of ether oxygens (including phenoxy) is 1. The van der Waals surface area contributed by atoms with Crippen molar-refractivity contribution in [1.29, 1.82) is 0 Å². The third kappa shape index (κ3) is 15.4. The third-order valence-electron chi connectivity index (χ3n) is 7.87. The van der Waals surface area contributed by atoms with Gasteiger partial charge >= 0.3 is 12.1 Å². The Bertz CT molecular complexity index is 1750. The van der Waals surface area contributed by atoms with Gasteiger partial charge in [-0.05, 0) is 51.7 Å². The molecule has 2 rings (SSSR count). The first kappa shape index (κ1) is 44.9. The molecule has 5 atom stereocenters. The Morgan fingerprint density at radius 1 is 0.764 bits per heavy atom. The maximum Gasteiger partial charge on any atom is 0.408 e. The topological polar surface area (TPSA) is 323 Å². The number of alkyl carbamates (subject to hydrolysis) is 1. The number of para-hydroxylation sites is 1. The molecule has 12 N–H and O–H groups in total. The van der Waals surface area contributed by atoms with Crippen molar-refractivity contribution >= 4 is 64.3 Å². The van der Waals surface area contributed by atoms with Gasteiger partial charge in [-0.3, -0.25) is 38.4 Å². The van der Waals surface area contributed by atoms with Gasteiger partial charge in [0.05, 0.1) is 6.42 Å². The fraction of sp³-hybridized carbons (Fsp3) is 0.514. The van der Waals surface area contributed by atoms with E-state index in [1.165, 1.54) is 6.92 Å². The maximum absolute atomic E-state index is 13.8. The van der Waals surface area contributed by atoms with Crippen LogP contribution in [0.25, 0.3) is 10.9 Å². The molecule has 0 aliphatic carbocycles. The quantitative estimate of drug-likeness (QED) is 0.0743. The largest absolute Gasteiger partial charge is 0.480 e. The van der Waals surface area contributed by atoms with E-state index in [4.69, 9.17) is 21.3 Å². The Morgan fingerprint density at radius 2 is 1.36 bits per heavy atom. The van der Waals surface area contributed by atoms with E-state index in [9.17, 15) is 43.2 Å². The molecule has 1 aromatic heterocycles. The van der Waals surface area contributed by atoms with E-state index < -0.39 is 115 Å². The molecule has 0 saturated carbocycles. The van der Waals surface area contributed by atoms with Crippen LogP contribution < -0.4 is 43.4 Å². The summed E-state index contributed by atoms with van der Waals surface area (Å²) in [5.41, 5.74) is 11.0. The summed E-state index contributed by atoms with van der Waals surface area (Å²) in [6.07, 6.45) is -1.00. The summed E-state index contributed by atoms with van der Waals surface area (Å²) in [4.78, 5) is 117. The van der Waals surface area contributed by atoms with E-state index in [0.717, 1.165) is 5.52 Å². The molecule has 20 heteroatoms. The smallest absolute Gasteiger partial charge is 0.408 e. The lowest BCUT2D eigenvalue weighted by Crippen LogP contribution is -2.59. The monoisotopic (exact) mass is 773 g/mol. The second kappa shape index (κ2) is 20.3. The number of nitrogens with two attached hydrogens (primary N) is 2. The van der Waals surface area contributed by atoms with Crippen LogP contribution >= 0.6 is 0 Å². The predicted octanol–water partition coefficient (Wildman–Crippen LogP) is -1.44. The summed E-state index contributed by atoms with van der Waals surface area (Å²) in [6, 6.07) is 0.163. The highest BCUT2D eigenvalue weighted by atomic mass is 16.6. The van der Waals surface area contributed by atoms with Crippen LogP contribution in [0.15, 0.2) is 30.5 Å². The molecule has 55 heavy (non-hydrogen) atoms. The number of aliphatic carboxylic acids is 1. The van der Waals surface area contributed by atoms with E-state index >= 15 is 0 Å². The Morgan fingerprint density at radius 3 is 1.95 bits per heavy atom. The van der Waals surface area contributed by atoms with Crippen molar-refractivity contribution in [2.75, 3.05) is 6.54 Å². The van der Waals surface area contributed by atoms with Crippen molar-refractivity contribution < 1.29 is 53.0 Å². The molecule has 0 radical (unpaired) electrons. The third-order valence-corrected chi connectivity index (χ3v) is 7.87. The first-order valence-electron chi connectivity index (χ1n) is 17.4. The van der Waals surface area contributed by atoms with Crippen molar-refractivity contribution in [1.82, 2.24) is 36.9 Å². The van der Waals surface area contributed by atoms with Crippen LogP contribution in [0, 0.1) is 5.92 Å². The number of carbonyl (C=O) groups is 9. The normalized spacial score (nSPS) is 13.9. The van der Waals surface area contributed by atoms with Crippen LogP contribution in [-0.4, -0.2) is 106 Å². The zero-order valence-corrected chi connectivity index (χ0v) is 31.6. The number of rotatable bonds is 20. The second-order valence-corrected chi connectivity index (χ2v) is 14.1. The number of amides is 8. The highest BCUT2D eigenvalue weighted by molar-refractivity contribution is 5.98. The number of carboxylic acid groups (broad SMARTS) is 1. The minimum atomic E-state index is -1.60. The van der Waals surface area contributed by atoms with E-state index in [-0.39, 0.29) is 12.8 Å². The molecule has 0 aliphatic heterocycles. The molecule has 0 fully saturated rings. The summed E-state index contributed by atoms with van der Waals surface area (Å²) < 4.78 is 5.16. The molecule has 1 aromatic carbocycles. The number of aromatic amines is 1. The highest BCUT2D eigenvalue weighted by Gasteiger charge is 2.33. The Kier molecular flexibility index (Phi) is 16.6. The molecule has 8 amide bonds. The molecule has 0 spiro atoms. The highest BCUT2D eigenvalue weighted by Crippen LogP contribution is 2.19. The fourth-order valence-electron chi connectivity index (χ4n) is 5.16. The van der Waals surface area contributed by atoms with Crippen molar-refractivity contribution in [2.45, 2.75) is 103 Å². The molecule has 0 unspecified atom stereocenters. The molecule has 0 saturated heterocycles. The first-order chi connectivity index (χ1) is 25.6. The first-order valence-corrected chi connectivity index (χ1v) is 17.4. The predicted molar refractivity (Wildman–Crippen MR) is 196 cm³/mol. The maximum atomic E-state index is 13.8. The number of nitrogens with one attached hydrogen (secondary N) is 7. The summed E-state index contributed by atoms with van der Waals surface area (Å²) in [5.74, 6) is -7.94. The standard InChI is InChI=1S/C35H51N9O11/c1-17(2)28(33(53)39-16-27(47)48)44-29(49)18(3)40-31(51)23(13-19-15-38-21-10-8-7-9-20(19)21)42-30(50)22(11-12-25(36)45)41-32(52)24(14-26(37)46)43-34(54)55-35(4,5)6/h7-10,15,17-18,22-24,28,38H,11-14,16H2,1-6H3,(H2,36,45)(H2,37,46)(H,39,53)(H,40,51)(H,41,52)(H,42,50)(H,43,54)(H,44,49)(H,47,48)/t18-,22-,23-,24-,28-/m0/s1. The number of fused-ring (bicyclic) bond motifs is 1. The number of carbonyl (C=O) groups excluding carboxylic acids is 8. The summed E-state index contributed by atoms with van der Waals surface area (Å²) in [7, 11) is 0. The fourth-order valence-corrected chi connectivity index (χ4v) is 5.16. The molecule has 302 valence electrons. The molecular formula is C35H51N9O11. The van der Waals surface area contributed by atoms with Gasteiger partial charge in [-0.25, -0.2) is 4.79 Å². The molecule has 2 aromatic rings. The number of hydrogen-bond donors (Lipinski definition) is 10. The Hall–Kier alpha value is -6.21. The lowest BCUT2D eigenvalue weighted by Gasteiger charge is -2.27. The van der Waals surface area contributed by atoms with Crippen LogP contribution in [-0.2, 0) is 49.5 Å². The average Bonchev–Trinajstić information content (AvgIpc) is 3.48. The number of benzene rings is 1. The minimum absolute atomic E-state index is 0.136. The van der Waals surface area contributed by atoms with Gasteiger partial charge in [0.1, 0.15) is 42.4 Å². The van der Waals surface area contributed by atoms with Gasteiger partial charge in [0.2, 0.25) is 41.4 Å². The van der Waals surface area contributed by atoms with Gasteiger partial charge in [0.15, 0.2) is 0 Å². The van der Waals surface area contributed by atoms with E-state index in [1.807, 2.05) is 0 Å². The number of H-pyrrole nitrogens is 1. The van der Waals surface area contributed by atoms with Crippen LogP contribution in [0.5, 0.6) is 0 Å². The van der Waals surface area contributed by atoms with E-state index in [0.29, 0.717) is 10.9 Å². The lowest BCUT2D eigenvalue weighted by molar-refractivity contribution is -0.139. The summed E-state index contributed by atoms with van der Waals surface area (Å²) in [5, 5.41) is 24.0. The number of primary amides is 2. The van der Waals surface area contributed by atoms with Crippen molar-refractivity contribution in [3.05, 3.63) is 36.0 Å². The van der Waals surface area contributed by atoms with Gasteiger partial charge in [0.25, 0.3) is 0 Å². The second-order valence-electron chi connectivity index (χ2n) is 14.1. The zero-order valence-electron chi connectivity index (χ0n) is 31.6. The number of carboxylic acids is 1. The number of aromatic nitrogens is 1. The van der Waals surface area contributed by atoms with Crippen molar-refractivity contribution in [3.63, 3.8) is 0 Å². The van der Waals surface area contributed by atoms with Gasteiger partial charge in [-0.15, -0.1) is 0 Å². The van der Waals surface area contributed by atoms with Gasteiger partial charge < -0.3 is 58.2 Å². The average molecular weight is 774 g/mol. The molecule has 1 heterocycles. The van der Waals surface area contributed by atoms with Crippen molar-refractivity contribution in [3.8, 4) is 0 Å². The van der Waals surface area contributed by atoms with Crippen LogP contribution in [0.4, 0.5) is 4.79 Å². The van der Waals surface area contributed by atoms with Gasteiger partial charge in [-0.2, -0.15) is 0 Å². The Balaban J connectivity index is 2.38. The van der Waals surface area contributed by atoms with Gasteiger partial charge in [-0.1, -0.05) is 32.0 Å². The summed E-state index contributed by atoms with van der Waals surface area (Å²) >= 11 is 0.